The summed E-state index contributed by atoms with van der Waals surface area (Å²) in [6.07, 6.45) is 1.55. The van der Waals surface area contributed by atoms with E-state index in [1.54, 1.807) is 12.1 Å². The number of carboxylic acid groups (broad SMARTS) is 2. The molecule has 0 saturated carbocycles. The van der Waals surface area contributed by atoms with Crippen molar-refractivity contribution in [3.8, 4) is 0 Å². The van der Waals surface area contributed by atoms with Crippen LogP contribution in [0.3, 0.4) is 0 Å². The third kappa shape index (κ3) is 2.68. The second-order valence-electron chi connectivity index (χ2n) is 4.63. The van der Waals surface area contributed by atoms with Gasteiger partial charge in [0.2, 0.25) is 0 Å². The summed E-state index contributed by atoms with van der Waals surface area (Å²) in [5, 5.41) is 18.3. The fourth-order valence-electron chi connectivity index (χ4n) is 2.35. The van der Waals surface area contributed by atoms with Gasteiger partial charge in [0.15, 0.2) is 0 Å². The molecule has 0 atom stereocenters. The highest BCUT2D eigenvalue weighted by molar-refractivity contribution is 6.05. The lowest BCUT2D eigenvalue weighted by Crippen LogP contribution is -2.40. The molecule has 0 radical (unpaired) electrons. The smallest absolute Gasteiger partial charge is 0.338 e. The maximum atomic E-state index is 11.3. The number of piperidine rings is 1. The number of rotatable bonds is 3. The topological polar surface area (TPSA) is 104 Å². The summed E-state index contributed by atoms with van der Waals surface area (Å²) >= 11 is 0. The average Bonchev–Trinajstić information content (AvgIpc) is 2.38. The molecule has 1 aliphatic heterocycles. The van der Waals surface area contributed by atoms with E-state index in [0.29, 0.717) is 18.8 Å². The molecule has 1 fully saturated rings. The number of hydrogen-bond acceptors (Lipinski definition) is 4. The van der Waals surface area contributed by atoms with Crippen molar-refractivity contribution in [3.63, 3.8) is 0 Å². The first-order chi connectivity index (χ1) is 9.00. The zero-order valence-corrected chi connectivity index (χ0v) is 10.4. The molecule has 1 saturated heterocycles. The minimum absolute atomic E-state index is 0.132. The fraction of sp³-hybridized carbons (Fsp3) is 0.385. The summed E-state index contributed by atoms with van der Waals surface area (Å²) in [5.74, 6) is -2.45. The zero-order valence-electron chi connectivity index (χ0n) is 10.4. The Bertz CT molecular complexity index is 507. The SMILES string of the molecule is NC1CCN(c2cccc(C(=O)O)c2C(=O)O)CC1. The van der Waals surface area contributed by atoms with E-state index >= 15 is 0 Å². The Labute approximate surface area is 110 Å². The monoisotopic (exact) mass is 264 g/mol. The van der Waals surface area contributed by atoms with Gasteiger partial charge in [-0.25, -0.2) is 9.59 Å². The molecule has 1 heterocycles. The van der Waals surface area contributed by atoms with E-state index in [-0.39, 0.29) is 17.2 Å². The molecule has 6 heteroatoms. The third-order valence-corrected chi connectivity index (χ3v) is 3.37. The Kier molecular flexibility index (Phi) is 3.71. The Hall–Kier alpha value is -2.08. The van der Waals surface area contributed by atoms with Gasteiger partial charge in [0.05, 0.1) is 16.8 Å². The van der Waals surface area contributed by atoms with Crippen LogP contribution in [0.25, 0.3) is 0 Å². The minimum Gasteiger partial charge on any atom is -0.478 e. The molecular formula is C13H16N2O4. The number of carboxylic acids is 2. The number of hydrogen-bond donors (Lipinski definition) is 3. The van der Waals surface area contributed by atoms with Crippen LogP contribution in [-0.4, -0.2) is 41.3 Å². The van der Waals surface area contributed by atoms with E-state index < -0.39 is 11.9 Å². The molecule has 1 aromatic rings. The summed E-state index contributed by atoms with van der Waals surface area (Å²) in [5.41, 5.74) is 5.94. The molecule has 1 aromatic carbocycles. The van der Waals surface area contributed by atoms with Crippen LogP contribution in [0.5, 0.6) is 0 Å². The van der Waals surface area contributed by atoms with Crippen LogP contribution in [0.4, 0.5) is 5.69 Å². The van der Waals surface area contributed by atoms with Gasteiger partial charge in [0.25, 0.3) is 0 Å². The van der Waals surface area contributed by atoms with E-state index in [2.05, 4.69) is 0 Å². The molecule has 19 heavy (non-hydrogen) atoms. The van der Waals surface area contributed by atoms with Crippen LogP contribution in [0.15, 0.2) is 18.2 Å². The predicted molar refractivity (Wildman–Crippen MR) is 69.8 cm³/mol. The first kappa shape index (κ1) is 13.4. The van der Waals surface area contributed by atoms with Crippen molar-refractivity contribution >= 4 is 17.6 Å². The first-order valence-corrected chi connectivity index (χ1v) is 6.11. The van der Waals surface area contributed by atoms with Crippen LogP contribution < -0.4 is 10.6 Å². The summed E-state index contributed by atoms with van der Waals surface area (Å²) in [7, 11) is 0. The van der Waals surface area contributed by atoms with Crippen molar-refractivity contribution in [3.05, 3.63) is 29.3 Å². The molecule has 102 valence electrons. The summed E-state index contributed by atoms with van der Waals surface area (Å²) in [6.45, 7) is 1.29. The molecule has 0 amide bonds. The van der Waals surface area contributed by atoms with E-state index in [0.717, 1.165) is 12.8 Å². The number of nitrogens with zero attached hydrogens (tertiary/aromatic N) is 1. The van der Waals surface area contributed by atoms with Crippen LogP contribution in [-0.2, 0) is 0 Å². The number of benzene rings is 1. The molecule has 0 aliphatic carbocycles. The van der Waals surface area contributed by atoms with Crippen LogP contribution >= 0.6 is 0 Å². The Morgan fingerprint density at radius 2 is 1.79 bits per heavy atom. The second kappa shape index (κ2) is 5.27. The van der Waals surface area contributed by atoms with Gasteiger partial charge in [-0.05, 0) is 25.0 Å². The third-order valence-electron chi connectivity index (χ3n) is 3.37. The van der Waals surface area contributed by atoms with E-state index in [4.69, 9.17) is 10.8 Å². The maximum absolute atomic E-state index is 11.3. The normalized spacial score (nSPS) is 16.4. The van der Waals surface area contributed by atoms with Gasteiger partial charge in [0, 0.05) is 19.1 Å². The van der Waals surface area contributed by atoms with Gasteiger partial charge in [-0.2, -0.15) is 0 Å². The van der Waals surface area contributed by atoms with Crippen molar-refractivity contribution in [2.75, 3.05) is 18.0 Å². The lowest BCUT2D eigenvalue weighted by Gasteiger charge is -2.33. The fourth-order valence-corrected chi connectivity index (χ4v) is 2.35. The zero-order chi connectivity index (χ0) is 14.0. The lowest BCUT2D eigenvalue weighted by molar-refractivity contribution is 0.0652. The summed E-state index contributed by atoms with van der Waals surface area (Å²) < 4.78 is 0. The Morgan fingerprint density at radius 1 is 1.16 bits per heavy atom. The summed E-state index contributed by atoms with van der Waals surface area (Å²) in [6, 6.07) is 4.66. The van der Waals surface area contributed by atoms with Crippen molar-refractivity contribution in [2.24, 2.45) is 5.73 Å². The van der Waals surface area contributed by atoms with Gasteiger partial charge >= 0.3 is 11.9 Å². The number of carbonyl (C=O) groups is 2. The maximum Gasteiger partial charge on any atom is 0.338 e. The molecule has 0 bridgehead atoms. The molecule has 0 spiro atoms. The van der Waals surface area contributed by atoms with E-state index in [1.807, 2.05) is 4.90 Å². The first-order valence-electron chi connectivity index (χ1n) is 6.11. The van der Waals surface area contributed by atoms with Crippen molar-refractivity contribution in [2.45, 2.75) is 18.9 Å². The van der Waals surface area contributed by atoms with Crippen LogP contribution in [0, 0.1) is 0 Å². The lowest BCUT2D eigenvalue weighted by atomic mass is 10.0. The van der Waals surface area contributed by atoms with Gasteiger partial charge in [-0.1, -0.05) is 6.07 Å². The molecule has 0 aromatic heterocycles. The minimum atomic E-state index is -1.23. The van der Waals surface area contributed by atoms with Crippen molar-refractivity contribution < 1.29 is 19.8 Å². The second-order valence-corrected chi connectivity index (χ2v) is 4.63. The highest BCUT2D eigenvalue weighted by Crippen LogP contribution is 2.27. The quantitative estimate of drug-likeness (QED) is 0.752. The van der Waals surface area contributed by atoms with E-state index in [9.17, 15) is 14.7 Å². The predicted octanol–water partition coefficient (Wildman–Crippen LogP) is 1.01. The van der Waals surface area contributed by atoms with Gasteiger partial charge in [-0.15, -0.1) is 0 Å². The molecule has 6 nitrogen and oxygen atoms in total. The molecule has 0 unspecified atom stereocenters. The van der Waals surface area contributed by atoms with Crippen molar-refractivity contribution in [1.29, 1.82) is 0 Å². The Morgan fingerprint density at radius 3 is 2.32 bits per heavy atom. The van der Waals surface area contributed by atoms with Gasteiger partial charge in [0.1, 0.15) is 0 Å². The average molecular weight is 264 g/mol. The number of nitrogens with two attached hydrogens (primary N) is 1. The van der Waals surface area contributed by atoms with E-state index in [1.165, 1.54) is 6.07 Å². The number of aromatic carboxylic acids is 2. The largest absolute Gasteiger partial charge is 0.478 e. The highest BCUT2D eigenvalue weighted by Gasteiger charge is 2.25. The molecule has 4 N–H and O–H groups in total. The molecular weight excluding hydrogens is 248 g/mol. The van der Waals surface area contributed by atoms with Crippen molar-refractivity contribution in [1.82, 2.24) is 0 Å². The number of anilines is 1. The highest BCUT2D eigenvalue weighted by atomic mass is 16.4. The van der Waals surface area contributed by atoms with Crippen LogP contribution in [0.2, 0.25) is 0 Å². The standard InChI is InChI=1S/C13H16N2O4/c14-8-4-6-15(7-5-8)10-3-1-2-9(12(16)17)11(10)13(18)19/h1-3,8H,4-7,14H2,(H,16,17)(H,18,19). The van der Waals surface area contributed by atoms with Crippen LogP contribution in [0.1, 0.15) is 33.6 Å². The van der Waals surface area contributed by atoms with Gasteiger partial charge in [-0.3, -0.25) is 0 Å². The van der Waals surface area contributed by atoms with Gasteiger partial charge < -0.3 is 20.8 Å². The molecule has 2 rings (SSSR count). The molecule has 1 aliphatic rings. The Balaban J connectivity index is 2.42. The summed E-state index contributed by atoms with van der Waals surface area (Å²) in [4.78, 5) is 24.3.